The van der Waals surface area contributed by atoms with Crippen molar-refractivity contribution in [3.05, 3.63) is 11.5 Å². The average Bonchev–Trinajstić information content (AvgIpc) is 2.31. The fraction of sp³-hybridized carbons (Fsp3) is 0. The molecule has 64 valence electrons. The van der Waals surface area contributed by atoms with Crippen molar-refractivity contribution < 1.29 is 8.42 Å². The Morgan fingerprint density at radius 2 is 2.00 bits per heavy atom. The Hall–Kier alpha value is -1.01. The van der Waals surface area contributed by atoms with E-state index in [0.717, 1.165) is 5.41 Å². The van der Waals surface area contributed by atoms with Crippen LogP contribution in [0, 0.1) is 0 Å². The summed E-state index contributed by atoms with van der Waals surface area (Å²) in [7, 11) is -3.40. The van der Waals surface area contributed by atoms with Gasteiger partial charge in [0.2, 0.25) is 0 Å². The van der Waals surface area contributed by atoms with Gasteiger partial charge < -0.3 is 0 Å². The Morgan fingerprint density at radius 1 is 1.25 bits per heavy atom. The van der Waals surface area contributed by atoms with Crippen LogP contribution in [0.2, 0.25) is 0 Å². The molecule has 0 aromatic rings. The van der Waals surface area contributed by atoms with Crippen molar-refractivity contribution in [1.29, 1.82) is 0 Å². The second-order valence-corrected chi connectivity index (χ2v) is 3.51. The van der Waals surface area contributed by atoms with Crippen LogP contribution in [0.25, 0.3) is 0 Å². The molecule has 0 fully saturated rings. The van der Waals surface area contributed by atoms with Crippen LogP contribution in [0.5, 0.6) is 0 Å². The largest absolute Gasteiger partial charge is 0.276 e. The van der Waals surface area contributed by atoms with Gasteiger partial charge in [-0.05, 0) is 6.08 Å². The summed E-state index contributed by atoms with van der Waals surface area (Å²) in [4.78, 5) is 0. The van der Waals surface area contributed by atoms with E-state index < -0.39 is 10.0 Å². The Morgan fingerprint density at radius 3 is 2.75 bits per heavy atom. The van der Waals surface area contributed by atoms with Gasteiger partial charge in [-0.3, -0.25) is 0 Å². The van der Waals surface area contributed by atoms with E-state index in [4.69, 9.17) is 0 Å². The molecule has 2 aliphatic rings. The van der Waals surface area contributed by atoms with Crippen LogP contribution >= 0.6 is 12.4 Å². The van der Waals surface area contributed by atoms with E-state index in [1.807, 2.05) is 0 Å². The lowest BCUT2D eigenvalue weighted by Crippen LogP contribution is -2.15. The van der Waals surface area contributed by atoms with Gasteiger partial charge in [-0.1, -0.05) is 0 Å². The molecular weight excluding hydrogens is 202 g/mol. The molecule has 0 spiro atoms. The number of hydrogen-bond donors (Lipinski definition) is 0. The average molecular weight is 206 g/mol. The summed E-state index contributed by atoms with van der Waals surface area (Å²) in [5.74, 6) is 0. The van der Waals surface area contributed by atoms with Crippen molar-refractivity contribution in [3.8, 4) is 0 Å². The lowest BCUT2D eigenvalue weighted by molar-refractivity contribution is 0.606. The molecule has 2 heterocycles. The van der Waals surface area contributed by atoms with Gasteiger partial charge in [-0.15, -0.1) is 17.5 Å². The molecule has 0 aromatic heterocycles. The molecule has 0 amide bonds. The summed E-state index contributed by atoms with van der Waals surface area (Å²) in [5.41, 5.74) is 0.812. The third-order valence-electron chi connectivity index (χ3n) is 1.23. The van der Waals surface area contributed by atoms with E-state index in [1.165, 1.54) is 12.3 Å². The number of sulfonamides is 1. The van der Waals surface area contributed by atoms with E-state index in [-0.39, 0.29) is 12.4 Å². The summed E-state index contributed by atoms with van der Waals surface area (Å²) < 4.78 is 25.0. The summed E-state index contributed by atoms with van der Waals surface area (Å²) >= 11 is 0. The van der Waals surface area contributed by atoms with Crippen molar-refractivity contribution in [2.24, 2.45) is 14.6 Å². The highest BCUT2D eigenvalue weighted by Crippen LogP contribution is 2.07. The fourth-order valence-electron chi connectivity index (χ4n) is 0.770. The first-order valence-corrected chi connectivity index (χ1v) is 4.32. The maximum atomic E-state index is 10.8. The van der Waals surface area contributed by atoms with Crippen molar-refractivity contribution in [3.63, 3.8) is 0 Å². The summed E-state index contributed by atoms with van der Waals surface area (Å²) in [5, 5.41) is 8.14. The molecule has 0 bridgehead atoms. The minimum atomic E-state index is -3.40. The predicted molar refractivity (Wildman–Crippen MR) is 48.7 cm³/mol. The smallest absolute Gasteiger partial charge is 0.200 e. The molecule has 0 aromatic carbocycles. The van der Waals surface area contributed by atoms with Gasteiger partial charge in [-0.25, -0.2) is 0 Å². The van der Waals surface area contributed by atoms with Crippen LogP contribution < -0.4 is 0 Å². The van der Waals surface area contributed by atoms with Gasteiger partial charge in [-0.2, -0.15) is 17.9 Å². The Kier molecular flexibility index (Phi) is 2.12. The third kappa shape index (κ3) is 1.44. The van der Waals surface area contributed by atoms with Gasteiger partial charge in [0.25, 0.3) is 10.0 Å². The maximum Gasteiger partial charge on any atom is 0.276 e. The van der Waals surface area contributed by atoms with E-state index in [0.29, 0.717) is 11.4 Å². The van der Waals surface area contributed by atoms with Crippen molar-refractivity contribution in [1.82, 2.24) is 0 Å². The fourth-order valence-corrected chi connectivity index (χ4v) is 1.55. The van der Waals surface area contributed by atoms with E-state index >= 15 is 0 Å². The zero-order valence-electron chi connectivity index (χ0n) is 5.71. The molecule has 0 radical (unpaired) electrons. The van der Waals surface area contributed by atoms with Crippen LogP contribution in [0.1, 0.15) is 0 Å². The van der Waals surface area contributed by atoms with Gasteiger partial charge in [0, 0.05) is 0 Å². The van der Waals surface area contributed by atoms with Crippen LogP contribution in [-0.2, 0) is 10.0 Å². The second-order valence-electron chi connectivity index (χ2n) is 2.02. The zero-order chi connectivity index (χ0) is 7.90. The van der Waals surface area contributed by atoms with E-state index in [1.54, 1.807) is 0 Å². The number of nitrogens with zero attached hydrogens (tertiary/aromatic N) is 3. The quantitative estimate of drug-likeness (QED) is 0.565. The molecule has 5 nitrogen and oxygen atoms in total. The number of hydrogen-bond acceptors (Lipinski definition) is 4. The number of rotatable bonds is 0. The van der Waals surface area contributed by atoms with Crippen molar-refractivity contribution in [2.75, 3.05) is 0 Å². The summed E-state index contributed by atoms with van der Waals surface area (Å²) in [6, 6.07) is 0. The molecule has 0 saturated heterocycles. The van der Waals surface area contributed by atoms with E-state index in [9.17, 15) is 8.42 Å². The monoisotopic (exact) mass is 205 g/mol. The van der Waals surface area contributed by atoms with Gasteiger partial charge in [0.15, 0.2) is 0 Å². The van der Waals surface area contributed by atoms with Crippen molar-refractivity contribution in [2.45, 2.75) is 0 Å². The Bertz CT molecular complexity index is 418. The lowest BCUT2D eigenvalue weighted by Gasteiger charge is -1.98. The Labute approximate surface area is 75.1 Å². The molecule has 0 aliphatic carbocycles. The second kappa shape index (κ2) is 2.80. The topological polar surface area (TPSA) is 71.2 Å². The number of allylic oxidation sites excluding steroid dienone is 1. The Balaban J connectivity index is 0.000000720. The normalized spacial score (nSPS) is 22.3. The molecule has 2 rings (SSSR count). The molecular formula is C5H4ClN3O2S. The van der Waals surface area contributed by atoms with Gasteiger partial charge in [0.1, 0.15) is 11.4 Å². The maximum absolute atomic E-state index is 10.8. The standard InChI is InChI=1S/C5H3N3O2S.ClH/c9-11(10)2-1-4-5(8-11)3-6-7-4;/h1-3H;1H. The minimum Gasteiger partial charge on any atom is -0.200 e. The molecule has 0 saturated carbocycles. The number of fused-ring (bicyclic) bond motifs is 1. The molecule has 0 atom stereocenters. The van der Waals surface area contributed by atoms with Gasteiger partial charge in [0.05, 0.1) is 11.6 Å². The summed E-state index contributed by atoms with van der Waals surface area (Å²) in [6.45, 7) is 0. The van der Waals surface area contributed by atoms with Gasteiger partial charge >= 0.3 is 0 Å². The van der Waals surface area contributed by atoms with E-state index in [2.05, 4.69) is 14.6 Å². The first kappa shape index (κ1) is 9.08. The first-order chi connectivity index (χ1) is 5.17. The number of halogens is 1. The molecule has 7 heteroatoms. The highest BCUT2D eigenvalue weighted by Gasteiger charge is 2.18. The van der Waals surface area contributed by atoms with Crippen molar-refractivity contribution >= 4 is 40.1 Å². The molecule has 12 heavy (non-hydrogen) atoms. The van der Waals surface area contributed by atoms with Crippen LogP contribution in [-0.4, -0.2) is 26.1 Å². The van der Waals surface area contributed by atoms with Crippen LogP contribution in [0.4, 0.5) is 0 Å². The SMILES string of the molecule is Cl.O=S1(=O)C=CC2=NN=CC2=N1. The predicted octanol–water partition coefficient (Wildman–Crippen LogP) is 0.147. The molecule has 0 unspecified atom stereocenters. The third-order valence-corrected chi connectivity index (χ3v) is 2.16. The minimum absolute atomic E-state index is 0. The molecule has 2 aliphatic heterocycles. The highest BCUT2D eigenvalue weighted by atomic mass is 35.5. The zero-order valence-corrected chi connectivity index (χ0v) is 7.34. The first-order valence-electron chi connectivity index (χ1n) is 2.82. The highest BCUT2D eigenvalue weighted by molar-refractivity contribution is 7.93. The molecule has 0 N–H and O–H groups in total. The lowest BCUT2D eigenvalue weighted by atomic mass is 10.2. The van der Waals surface area contributed by atoms with Crippen LogP contribution in [0.3, 0.4) is 0 Å². The van der Waals surface area contributed by atoms with Crippen LogP contribution in [0.15, 0.2) is 26.1 Å². The summed E-state index contributed by atoms with van der Waals surface area (Å²) in [6.07, 6.45) is 2.70.